The van der Waals surface area contributed by atoms with Gasteiger partial charge in [-0.15, -0.1) is 0 Å². The van der Waals surface area contributed by atoms with E-state index in [-0.39, 0.29) is 70.2 Å². The Morgan fingerprint density at radius 2 is 1.70 bits per heavy atom. The average Bonchev–Trinajstić information content (AvgIpc) is 3.01. The number of hydrogen-bond donors (Lipinski definition) is 3. The zero-order chi connectivity index (χ0) is 31.5. The maximum Gasteiger partial charge on any atom is 0.256 e. The number of carbonyl (C=O) groups is 3. The Balaban J connectivity index is 0.00000276. The molecule has 0 bridgehead atoms. The summed E-state index contributed by atoms with van der Waals surface area (Å²) < 4.78 is 19.8. The number of nitrogens with zero attached hydrogens (tertiary/aromatic N) is 3. The molecule has 0 aliphatic carbocycles. The third kappa shape index (κ3) is 12.1. The number of benzene rings is 2. The van der Waals surface area contributed by atoms with Crippen LogP contribution in [0.4, 0.5) is 4.39 Å². The first-order valence-electron chi connectivity index (χ1n) is 13.4. The molecule has 2 aromatic rings. The Labute approximate surface area is 247 Å². The van der Waals surface area contributed by atoms with Crippen molar-refractivity contribution >= 4 is 38.2 Å². The summed E-state index contributed by atoms with van der Waals surface area (Å²) in [4.78, 5) is 49.8. The fourth-order valence-corrected chi connectivity index (χ4v) is 4.17. The van der Waals surface area contributed by atoms with Gasteiger partial charge in [0.1, 0.15) is 5.82 Å². The van der Waals surface area contributed by atoms with Gasteiger partial charge >= 0.3 is 0 Å². The van der Waals surface area contributed by atoms with Gasteiger partial charge in [0.25, 0.3) is 5.91 Å². The normalized spacial score (nSPS) is 11.9. The topological polar surface area (TPSA) is 163 Å². The number of halogens is 1. The van der Waals surface area contributed by atoms with Gasteiger partial charge in [-0.3, -0.25) is 14.4 Å². The fourth-order valence-electron chi connectivity index (χ4n) is 4.17. The monoisotopic (exact) mass is 838 g/mol. The van der Waals surface area contributed by atoms with Crippen molar-refractivity contribution in [3.05, 3.63) is 70.5 Å². The van der Waals surface area contributed by atoms with Crippen LogP contribution in [0, 0.1) is 18.2 Å². The first-order chi connectivity index (χ1) is 20.2. The summed E-state index contributed by atoms with van der Waals surface area (Å²) in [6, 6.07) is 11.9. The Morgan fingerprint density at radius 1 is 1.09 bits per heavy atom. The molecule has 5 N–H and O–H groups in total. The van der Waals surface area contributed by atoms with E-state index in [1.807, 2.05) is 31.2 Å². The number of primary amides is 1. The van der Waals surface area contributed by atoms with Gasteiger partial charge in [0.15, 0.2) is 0 Å². The van der Waals surface area contributed by atoms with Gasteiger partial charge in [-0.25, -0.2) is 4.39 Å². The van der Waals surface area contributed by atoms with Crippen LogP contribution in [0.5, 0.6) is 0 Å². The van der Waals surface area contributed by atoms with Crippen LogP contribution in [-0.4, -0.2) is 112 Å². The van der Waals surface area contributed by atoms with Crippen LogP contribution in [0.1, 0.15) is 27.0 Å². The molecule has 0 spiro atoms. The van der Waals surface area contributed by atoms with Crippen molar-refractivity contribution in [2.45, 2.75) is 20.2 Å². The van der Waals surface area contributed by atoms with Crippen molar-refractivity contribution in [2.75, 3.05) is 59.0 Å². The van der Waals surface area contributed by atoms with Gasteiger partial charge in [0, 0.05) is 51.4 Å². The smallest absolute Gasteiger partial charge is 0.256 e. The van der Waals surface area contributed by atoms with E-state index in [4.69, 9.17) is 20.7 Å². The predicted molar refractivity (Wildman–Crippen MR) is 160 cm³/mol. The quantitative estimate of drug-likeness (QED) is 0.0712. The minimum absolute atomic E-state index is 0. The molecule has 43 heavy (non-hydrogen) atoms. The van der Waals surface area contributed by atoms with Crippen LogP contribution in [0.2, 0.25) is 6.82 Å². The minimum atomic E-state index is -0.622. The maximum atomic E-state index is 14.6. The molecule has 1 aliphatic heterocycles. The van der Waals surface area contributed by atoms with Crippen LogP contribution in [0.3, 0.4) is 0 Å². The van der Waals surface area contributed by atoms with Crippen LogP contribution < -0.4 is 11.5 Å². The van der Waals surface area contributed by atoms with Gasteiger partial charge in [-0.05, 0) is 35.7 Å². The van der Waals surface area contributed by atoms with Gasteiger partial charge in [0.2, 0.25) is 12.3 Å². The molecule has 0 aromatic heterocycles. The van der Waals surface area contributed by atoms with Gasteiger partial charge in [-0.1, -0.05) is 37.2 Å². The SMILES string of the molecule is Cc1ccccc1C(=N)Cc1ccc(F)c(C(=O)N2CCN(C(=O)CN([C-]=O)CCOCCN)CC2)c1.NC=O.[B]C.[Fm]. The van der Waals surface area contributed by atoms with Crippen molar-refractivity contribution in [3.63, 3.8) is 0 Å². The Morgan fingerprint density at radius 3 is 2.28 bits per heavy atom. The molecule has 238 valence electrons. The van der Waals surface area contributed by atoms with Crippen LogP contribution in [0.25, 0.3) is 0 Å². The first kappa shape index (κ1) is 37.9. The molecule has 0 saturated carbocycles. The number of piperazine rings is 1. The van der Waals surface area contributed by atoms with Crippen molar-refractivity contribution < 1.29 is 28.3 Å². The van der Waals surface area contributed by atoms with Crippen molar-refractivity contribution in [2.24, 2.45) is 11.5 Å². The van der Waals surface area contributed by atoms with E-state index >= 15 is 0 Å². The van der Waals surface area contributed by atoms with E-state index in [9.17, 15) is 18.8 Å². The van der Waals surface area contributed by atoms with Gasteiger partial charge in [0.05, 0.1) is 33.2 Å². The molecule has 2 aromatic carbocycles. The summed E-state index contributed by atoms with van der Waals surface area (Å²) >= 11 is 0. The molecule has 1 aliphatic rings. The van der Waals surface area contributed by atoms with E-state index in [0.29, 0.717) is 24.4 Å². The zero-order valence-corrected chi connectivity index (χ0v) is 26.9. The average molecular weight is 838 g/mol. The third-order valence-electron chi connectivity index (χ3n) is 6.25. The standard InChI is InChI=1S/C27H33FN5O4.CH3B.CH3NO.Fm/c1-20-4-2-3-5-22(20)25(30)17-21-6-7-24(28)23(16-21)27(36)33-11-9-32(10-12-33)26(35)18-31(19-34)13-15-37-14-8-29;1-2;2-1-3;/h2-7,16,30H,8-15,17-18,29H2,1H3;1H3;1H,(H2,2,3);/q-1;;;. The molecule has 11 nitrogen and oxygen atoms in total. The van der Waals surface area contributed by atoms with Crippen molar-refractivity contribution in [3.8, 4) is 0 Å². The van der Waals surface area contributed by atoms with E-state index < -0.39 is 11.7 Å². The molecule has 1 heterocycles. The van der Waals surface area contributed by atoms with E-state index in [1.54, 1.807) is 17.4 Å². The largest absolute Gasteiger partial charge is 0.520 e. The second-order valence-electron chi connectivity index (χ2n) is 9.01. The van der Waals surface area contributed by atoms with E-state index in [2.05, 4.69) is 13.6 Å². The molecule has 3 rings (SSSR count). The molecule has 2 radical (unpaired) electrons. The summed E-state index contributed by atoms with van der Waals surface area (Å²) in [7, 11) is 4.50. The predicted octanol–water partition coefficient (Wildman–Crippen LogP) is 0.678. The second kappa shape index (κ2) is 20.7. The number of aryl methyl sites for hydroxylation is 1. The molecule has 1 saturated heterocycles. The maximum absolute atomic E-state index is 14.6. The summed E-state index contributed by atoms with van der Waals surface area (Å²) in [6.07, 6.45) is 2.26. The number of ether oxygens (including phenoxy) is 1. The summed E-state index contributed by atoms with van der Waals surface area (Å²) in [6.45, 7) is 5.58. The number of carbonyl (C=O) groups excluding carboxylic acids is 4. The number of nitrogens with two attached hydrogens (primary N) is 2. The zero-order valence-electron chi connectivity index (χ0n) is 24.5. The molecular weight excluding hydrogens is 799 g/mol. The van der Waals surface area contributed by atoms with Crippen LogP contribution in [-0.2, 0) is 25.5 Å². The summed E-state index contributed by atoms with van der Waals surface area (Å²) in [5.74, 6) is -1.32. The molecule has 0 atom stereocenters. The van der Waals surface area contributed by atoms with E-state index in [1.165, 1.54) is 28.8 Å². The minimum Gasteiger partial charge on any atom is -0.520 e. The van der Waals surface area contributed by atoms with E-state index in [0.717, 1.165) is 11.1 Å². The fraction of sp³-hybridized carbons (Fsp3) is 0.414. The van der Waals surface area contributed by atoms with Crippen LogP contribution in [0.15, 0.2) is 42.5 Å². The van der Waals surface area contributed by atoms with Gasteiger partial charge in [-0.2, -0.15) is 6.41 Å². The molecule has 0 unspecified atom stereocenters. The number of amides is 4. The number of hydrogen-bond acceptors (Lipinski definition) is 7. The first-order valence-corrected chi connectivity index (χ1v) is 13.4. The Kier molecular flexibility index (Phi) is 18.3. The van der Waals surface area contributed by atoms with Crippen LogP contribution >= 0.6 is 0 Å². The van der Waals surface area contributed by atoms with Gasteiger partial charge < -0.3 is 41.1 Å². The van der Waals surface area contributed by atoms with Crippen molar-refractivity contribution in [1.29, 1.82) is 5.41 Å². The van der Waals surface area contributed by atoms with Crippen molar-refractivity contribution in [1.82, 2.24) is 14.7 Å². The Hall–Kier alpha value is -5.10. The second-order valence-corrected chi connectivity index (χ2v) is 9.01. The molecule has 1 fully saturated rings. The third-order valence-corrected chi connectivity index (χ3v) is 6.25. The molecule has 14 heteroatoms. The Bertz CT molecular complexity index is 1180. The summed E-state index contributed by atoms with van der Waals surface area (Å²) in [5, 5.41) is 8.45. The number of nitrogens with one attached hydrogen (secondary N) is 1. The molecule has 4 amide bonds. The molecular formula is C29H39BFFmN6O5-. The number of rotatable bonds is 12. The summed E-state index contributed by atoms with van der Waals surface area (Å²) in [5.41, 5.74) is 12.3.